The third-order valence-corrected chi connectivity index (χ3v) is 2.13. The van der Waals surface area contributed by atoms with Crippen LogP contribution in [0.15, 0.2) is 0 Å². The molecule has 0 aromatic rings. The van der Waals surface area contributed by atoms with Crippen LogP contribution in [0.1, 0.15) is 38.5 Å². The molecular formula is C7H15NO2. The summed E-state index contributed by atoms with van der Waals surface area (Å²) in [7, 11) is 0. The highest BCUT2D eigenvalue weighted by Gasteiger charge is 2.26. The van der Waals surface area contributed by atoms with Crippen molar-refractivity contribution in [1.82, 2.24) is 0 Å². The number of nitrogens with two attached hydrogens (primary N) is 1. The average Bonchev–Trinajstić information content (AvgIpc) is 2.15. The van der Waals surface area contributed by atoms with E-state index >= 15 is 0 Å². The van der Waals surface area contributed by atoms with Gasteiger partial charge in [-0.3, -0.25) is 0 Å². The summed E-state index contributed by atoms with van der Waals surface area (Å²) in [6.07, 6.45) is 6.12. The van der Waals surface area contributed by atoms with Crippen molar-refractivity contribution in [3.05, 3.63) is 0 Å². The van der Waals surface area contributed by atoms with Gasteiger partial charge in [0.05, 0.1) is 0 Å². The lowest BCUT2D eigenvalue weighted by Crippen LogP contribution is -2.41. The Kier molecular flexibility index (Phi) is 2.65. The Labute approximate surface area is 61.1 Å². The second-order valence-corrected chi connectivity index (χ2v) is 3.07. The minimum absolute atomic E-state index is 0.740. The lowest BCUT2D eigenvalue weighted by molar-refractivity contribution is -0.325. The SMILES string of the molecule is NC1(OO)CCCCCC1. The largest absolute Gasteiger partial charge is 0.301 e. The molecule has 0 bridgehead atoms. The number of rotatable bonds is 1. The summed E-state index contributed by atoms with van der Waals surface area (Å²) in [6, 6.07) is 0. The molecule has 60 valence electrons. The minimum Gasteiger partial charge on any atom is -0.301 e. The van der Waals surface area contributed by atoms with E-state index in [0.29, 0.717) is 0 Å². The molecule has 0 aromatic heterocycles. The van der Waals surface area contributed by atoms with Crippen molar-refractivity contribution in [2.45, 2.75) is 44.2 Å². The Morgan fingerprint density at radius 2 is 1.60 bits per heavy atom. The van der Waals surface area contributed by atoms with E-state index in [9.17, 15) is 0 Å². The molecule has 1 aliphatic rings. The first-order chi connectivity index (χ1) is 4.77. The van der Waals surface area contributed by atoms with Crippen LogP contribution in [-0.4, -0.2) is 11.0 Å². The van der Waals surface area contributed by atoms with E-state index in [0.717, 1.165) is 25.7 Å². The molecule has 1 saturated carbocycles. The van der Waals surface area contributed by atoms with Crippen LogP contribution in [0, 0.1) is 0 Å². The molecule has 0 radical (unpaired) electrons. The van der Waals surface area contributed by atoms with Crippen molar-refractivity contribution in [2.75, 3.05) is 0 Å². The molecular weight excluding hydrogens is 130 g/mol. The fourth-order valence-electron chi connectivity index (χ4n) is 1.42. The summed E-state index contributed by atoms with van der Waals surface area (Å²) in [5.41, 5.74) is 4.95. The zero-order chi connectivity index (χ0) is 7.45. The van der Waals surface area contributed by atoms with Gasteiger partial charge in [-0.2, -0.15) is 0 Å². The quantitative estimate of drug-likeness (QED) is 0.254. The molecule has 0 atom stereocenters. The van der Waals surface area contributed by atoms with Crippen LogP contribution in [0.2, 0.25) is 0 Å². The van der Waals surface area contributed by atoms with E-state index in [1.807, 2.05) is 0 Å². The van der Waals surface area contributed by atoms with Gasteiger partial charge in [0.15, 0.2) is 5.72 Å². The van der Waals surface area contributed by atoms with Gasteiger partial charge in [-0.15, -0.1) is 0 Å². The third kappa shape index (κ3) is 1.94. The summed E-state index contributed by atoms with van der Waals surface area (Å²) in [4.78, 5) is 4.24. The third-order valence-electron chi connectivity index (χ3n) is 2.13. The fraction of sp³-hybridized carbons (Fsp3) is 1.00. The van der Waals surface area contributed by atoms with Gasteiger partial charge in [0.1, 0.15) is 0 Å². The molecule has 0 unspecified atom stereocenters. The Balaban J connectivity index is 2.41. The standard InChI is InChI=1S/C7H15NO2/c8-7(10-9)5-3-1-2-4-6-7/h9H,1-6,8H2. The van der Waals surface area contributed by atoms with Crippen LogP contribution in [0.25, 0.3) is 0 Å². The zero-order valence-electron chi connectivity index (χ0n) is 6.18. The molecule has 1 fully saturated rings. The minimum atomic E-state index is -0.740. The molecule has 3 heteroatoms. The Hall–Kier alpha value is -0.120. The molecule has 0 aromatic carbocycles. The van der Waals surface area contributed by atoms with E-state index in [1.54, 1.807) is 0 Å². The molecule has 10 heavy (non-hydrogen) atoms. The topological polar surface area (TPSA) is 55.5 Å². The molecule has 1 rings (SSSR count). The van der Waals surface area contributed by atoms with E-state index in [-0.39, 0.29) is 0 Å². The van der Waals surface area contributed by atoms with Crippen LogP contribution in [0.3, 0.4) is 0 Å². The summed E-state index contributed by atoms with van der Waals surface area (Å²) >= 11 is 0. The van der Waals surface area contributed by atoms with Crippen molar-refractivity contribution in [2.24, 2.45) is 5.73 Å². The monoisotopic (exact) mass is 145 g/mol. The summed E-state index contributed by atoms with van der Waals surface area (Å²) in [5.74, 6) is 0. The first-order valence-corrected chi connectivity index (χ1v) is 3.88. The maximum absolute atomic E-state index is 8.45. The number of hydrogen-bond donors (Lipinski definition) is 2. The van der Waals surface area contributed by atoms with Crippen molar-refractivity contribution in [3.8, 4) is 0 Å². The zero-order valence-corrected chi connectivity index (χ0v) is 6.18. The first-order valence-electron chi connectivity index (χ1n) is 3.88. The lowest BCUT2D eigenvalue weighted by atomic mass is 10.1. The smallest absolute Gasteiger partial charge is 0.151 e. The van der Waals surface area contributed by atoms with Gasteiger partial charge in [0.25, 0.3) is 0 Å². The van der Waals surface area contributed by atoms with Gasteiger partial charge in [-0.1, -0.05) is 12.8 Å². The van der Waals surface area contributed by atoms with E-state index in [2.05, 4.69) is 4.89 Å². The molecule has 0 aliphatic heterocycles. The second-order valence-electron chi connectivity index (χ2n) is 3.07. The Morgan fingerprint density at radius 1 is 1.10 bits per heavy atom. The average molecular weight is 145 g/mol. The molecule has 1 aliphatic carbocycles. The molecule has 0 spiro atoms. The normalized spacial score (nSPS) is 25.8. The fourth-order valence-corrected chi connectivity index (χ4v) is 1.42. The van der Waals surface area contributed by atoms with Crippen LogP contribution in [0.5, 0.6) is 0 Å². The van der Waals surface area contributed by atoms with Crippen LogP contribution in [0.4, 0.5) is 0 Å². The maximum Gasteiger partial charge on any atom is 0.151 e. The summed E-state index contributed by atoms with van der Waals surface area (Å²) in [5, 5.41) is 8.45. The second kappa shape index (κ2) is 3.32. The van der Waals surface area contributed by atoms with Gasteiger partial charge >= 0.3 is 0 Å². The number of hydrogen-bond acceptors (Lipinski definition) is 3. The van der Waals surface area contributed by atoms with E-state index in [1.165, 1.54) is 12.8 Å². The molecule has 0 saturated heterocycles. The highest BCUT2D eigenvalue weighted by molar-refractivity contribution is 4.74. The first kappa shape index (κ1) is 7.98. The molecule has 3 nitrogen and oxygen atoms in total. The predicted octanol–water partition coefficient (Wildman–Crippen LogP) is 1.49. The molecule has 0 amide bonds. The highest BCUT2D eigenvalue weighted by atomic mass is 17.1. The summed E-state index contributed by atoms with van der Waals surface area (Å²) < 4.78 is 0. The van der Waals surface area contributed by atoms with Gasteiger partial charge in [-0.05, 0) is 25.7 Å². The van der Waals surface area contributed by atoms with Crippen LogP contribution < -0.4 is 5.73 Å². The molecule has 3 N–H and O–H groups in total. The van der Waals surface area contributed by atoms with E-state index in [4.69, 9.17) is 11.0 Å². The predicted molar refractivity (Wildman–Crippen MR) is 38.3 cm³/mol. The van der Waals surface area contributed by atoms with Crippen LogP contribution >= 0.6 is 0 Å². The highest BCUT2D eigenvalue weighted by Crippen LogP contribution is 2.24. The van der Waals surface area contributed by atoms with Gasteiger partial charge in [0, 0.05) is 0 Å². The van der Waals surface area contributed by atoms with Crippen LogP contribution in [-0.2, 0) is 4.89 Å². The Morgan fingerprint density at radius 3 is 2.00 bits per heavy atom. The van der Waals surface area contributed by atoms with Gasteiger partial charge in [0.2, 0.25) is 0 Å². The Bertz CT molecular complexity index is 97.8. The summed E-state index contributed by atoms with van der Waals surface area (Å²) in [6.45, 7) is 0. The van der Waals surface area contributed by atoms with Crippen molar-refractivity contribution >= 4 is 0 Å². The van der Waals surface area contributed by atoms with Crippen molar-refractivity contribution < 1.29 is 10.1 Å². The van der Waals surface area contributed by atoms with E-state index < -0.39 is 5.72 Å². The van der Waals surface area contributed by atoms with Crippen molar-refractivity contribution in [3.63, 3.8) is 0 Å². The van der Waals surface area contributed by atoms with Gasteiger partial charge < -0.3 is 5.73 Å². The molecule has 0 heterocycles. The van der Waals surface area contributed by atoms with Gasteiger partial charge in [-0.25, -0.2) is 10.1 Å². The lowest BCUT2D eigenvalue weighted by Gasteiger charge is -2.22. The van der Waals surface area contributed by atoms with Crippen molar-refractivity contribution in [1.29, 1.82) is 0 Å². The maximum atomic E-state index is 8.45.